The molecule has 1 heterocycles. The van der Waals surface area contributed by atoms with Gasteiger partial charge >= 0.3 is 0 Å². The fraction of sp³-hybridized carbons (Fsp3) is 0.0833. The first-order chi connectivity index (χ1) is 9.01. The van der Waals surface area contributed by atoms with E-state index in [-0.39, 0.29) is 10.8 Å². The maximum atomic E-state index is 11.9. The highest BCUT2D eigenvalue weighted by Gasteiger charge is 2.15. The van der Waals surface area contributed by atoms with Gasteiger partial charge in [-0.15, -0.1) is 11.3 Å². The summed E-state index contributed by atoms with van der Waals surface area (Å²) >= 11 is 6.72. The monoisotopic (exact) mass is 312 g/mol. The van der Waals surface area contributed by atoms with Crippen molar-refractivity contribution in [2.24, 2.45) is 0 Å². The molecule has 0 saturated heterocycles. The van der Waals surface area contributed by atoms with Crippen molar-refractivity contribution in [3.05, 3.63) is 51.9 Å². The summed E-state index contributed by atoms with van der Waals surface area (Å²) in [5.74, 6) is 0. The second-order valence-electron chi connectivity index (χ2n) is 3.69. The van der Waals surface area contributed by atoms with Gasteiger partial charge in [0.15, 0.2) is 0 Å². The number of nitrogens with one attached hydrogen (secondary N) is 1. The van der Waals surface area contributed by atoms with Gasteiger partial charge in [-0.25, -0.2) is 13.1 Å². The molecule has 2 rings (SSSR count). The van der Waals surface area contributed by atoms with Gasteiger partial charge in [0.25, 0.3) is 0 Å². The molecule has 1 aromatic heterocycles. The summed E-state index contributed by atoms with van der Waals surface area (Å²) in [4.78, 5) is 0. The lowest BCUT2D eigenvalue weighted by atomic mass is 10.1. The lowest BCUT2D eigenvalue weighted by Gasteiger charge is -2.04. The van der Waals surface area contributed by atoms with Gasteiger partial charge in [0, 0.05) is 6.54 Å². The summed E-state index contributed by atoms with van der Waals surface area (Å²) in [6.07, 6.45) is 0. The molecule has 0 aliphatic heterocycles. The predicted octanol–water partition coefficient (Wildman–Crippen LogP) is 2.75. The van der Waals surface area contributed by atoms with Crippen LogP contribution in [0.1, 0.15) is 11.1 Å². The number of rotatable bonds is 4. The van der Waals surface area contributed by atoms with Crippen LogP contribution in [0.25, 0.3) is 0 Å². The molecule has 0 amide bonds. The Kier molecular flexibility index (Phi) is 4.22. The van der Waals surface area contributed by atoms with Gasteiger partial charge in [-0.1, -0.05) is 23.7 Å². The number of hydrogen-bond donors (Lipinski definition) is 1. The third-order valence-corrected chi connectivity index (χ3v) is 5.49. The van der Waals surface area contributed by atoms with Gasteiger partial charge in [0.05, 0.1) is 16.0 Å². The van der Waals surface area contributed by atoms with Crippen molar-refractivity contribution in [2.45, 2.75) is 10.8 Å². The Morgan fingerprint density at radius 1 is 1.21 bits per heavy atom. The fourth-order valence-corrected chi connectivity index (χ4v) is 3.93. The van der Waals surface area contributed by atoms with Gasteiger partial charge in [0.2, 0.25) is 10.0 Å². The number of nitriles is 1. The summed E-state index contributed by atoms with van der Waals surface area (Å²) < 4.78 is 27.0. The van der Waals surface area contributed by atoms with Crippen LogP contribution in [0.3, 0.4) is 0 Å². The van der Waals surface area contributed by atoms with Crippen LogP contribution >= 0.6 is 22.9 Å². The predicted molar refractivity (Wildman–Crippen MR) is 74.5 cm³/mol. The first kappa shape index (κ1) is 14.0. The molecule has 1 aromatic carbocycles. The van der Waals surface area contributed by atoms with Crippen molar-refractivity contribution in [3.63, 3.8) is 0 Å². The van der Waals surface area contributed by atoms with Crippen molar-refractivity contribution >= 4 is 33.0 Å². The van der Waals surface area contributed by atoms with E-state index in [0.717, 1.165) is 16.9 Å². The third-order valence-electron chi connectivity index (χ3n) is 2.36. The van der Waals surface area contributed by atoms with Crippen molar-refractivity contribution in [3.8, 4) is 6.07 Å². The molecule has 0 radical (unpaired) electrons. The molecule has 2 aromatic rings. The number of halogens is 1. The molecular formula is C12H9ClN2O2S2. The second-order valence-corrected chi connectivity index (χ2v) is 7.40. The van der Waals surface area contributed by atoms with Crippen LogP contribution < -0.4 is 4.72 Å². The molecule has 0 unspecified atom stereocenters. The number of hydrogen-bond acceptors (Lipinski definition) is 4. The highest BCUT2D eigenvalue weighted by atomic mass is 35.5. The van der Waals surface area contributed by atoms with Gasteiger partial charge in [-0.2, -0.15) is 5.26 Å². The third kappa shape index (κ3) is 3.55. The highest BCUT2D eigenvalue weighted by Crippen LogP contribution is 2.25. The average Bonchev–Trinajstić information content (AvgIpc) is 2.85. The SMILES string of the molecule is N#Cc1ccc(CNS(=O)(=O)c2ccc(Cl)s2)cc1. The van der Waals surface area contributed by atoms with Gasteiger partial charge in [0.1, 0.15) is 4.21 Å². The minimum Gasteiger partial charge on any atom is -0.206 e. The number of sulfonamides is 1. The van der Waals surface area contributed by atoms with Crippen LogP contribution in [0.5, 0.6) is 0 Å². The lowest BCUT2D eigenvalue weighted by Crippen LogP contribution is -2.22. The molecule has 19 heavy (non-hydrogen) atoms. The van der Waals surface area contributed by atoms with Crippen LogP contribution in [0.15, 0.2) is 40.6 Å². The minimum absolute atomic E-state index is 0.170. The number of thiophene rings is 1. The smallest absolute Gasteiger partial charge is 0.206 e. The zero-order valence-corrected chi connectivity index (χ0v) is 12.0. The Morgan fingerprint density at radius 2 is 1.89 bits per heavy atom. The standard InChI is InChI=1S/C12H9ClN2O2S2/c13-11-5-6-12(18-11)19(16,17)15-8-10-3-1-9(7-14)2-4-10/h1-6,15H,8H2. The molecule has 1 N–H and O–H groups in total. The molecule has 0 aliphatic rings. The molecule has 0 aliphatic carbocycles. The Balaban J connectivity index is 2.07. The maximum Gasteiger partial charge on any atom is 0.250 e. The molecule has 0 saturated carbocycles. The molecule has 0 atom stereocenters. The zero-order chi connectivity index (χ0) is 13.9. The van der Waals surface area contributed by atoms with Crippen LogP contribution in [-0.2, 0) is 16.6 Å². The Labute approximate surface area is 120 Å². The molecular weight excluding hydrogens is 304 g/mol. The van der Waals surface area contributed by atoms with Gasteiger partial charge in [-0.3, -0.25) is 0 Å². The molecule has 0 bridgehead atoms. The summed E-state index contributed by atoms with van der Waals surface area (Å²) in [7, 11) is -3.53. The van der Waals surface area contributed by atoms with Crippen molar-refractivity contribution in [1.29, 1.82) is 5.26 Å². The fourth-order valence-electron chi connectivity index (χ4n) is 1.39. The topological polar surface area (TPSA) is 70.0 Å². The van der Waals surface area contributed by atoms with Crippen LogP contribution in [0, 0.1) is 11.3 Å². The first-order valence-corrected chi connectivity index (χ1v) is 7.93. The zero-order valence-electron chi connectivity index (χ0n) is 9.63. The van der Waals surface area contributed by atoms with E-state index in [4.69, 9.17) is 16.9 Å². The molecule has 98 valence electrons. The van der Waals surface area contributed by atoms with Crippen LogP contribution in [-0.4, -0.2) is 8.42 Å². The second kappa shape index (κ2) is 5.72. The molecule has 0 spiro atoms. The van der Waals surface area contributed by atoms with Crippen LogP contribution in [0.4, 0.5) is 0 Å². The minimum atomic E-state index is -3.53. The van der Waals surface area contributed by atoms with Crippen molar-refractivity contribution in [2.75, 3.05) is 0 Å². The van der Waals surface area contributed by atoms with E-state index < -0.39 is 10.0 Å². The number of benzene rings is 1. The summed E-state index contributed by atoms with van der Waals surface area (Å²) in [5, 5.41) is 8.67. The molecule has 0 fully saturated rings. The van der Waals surface area contributed by atoms with E-state index in [9.17, 15) is 8.42 Å². The van der Waals surface area contributed by atoms with E-state index in [2.05, 4.69) is 4.72 Å². The Bertz CT molecular complexity index is 715. The summed E-state index contributed by atoms with van der Waals surface area (Å²) in [6, 6.07) is 11.7. The Morgan fingerprint density at radius 3 is 2.42 bits per heavy atom. The molecule has 4 nitrogen and oxygen atoms in total. The first-order valence-electron chi connectivity index (χ1n) is 5.25. The summed E-state index contributed by atoms with van der Waals surface area (Å²) in [6.45, 7) is 0.170. The normalized spacial score (nSPS) is 11.2. The van der Waals surface area contributed by atoms with E-state index >= 15 is 0 Å². The van der Waals surface area contributed by atoms with E-state index in [1.165, 1.54) is 6.07 Å². The van der Waals surface area contributed by atoms with E-state index in [1.807, 2.05) is 6.07 Å². The van der Waals surface area contributed by atoms with E-state index in [0.29, 0.717) is 9.90 Å². The van der Waals surface area contributed by atoms with Crippen molar-refractivity contribution in [1.82, 2.24) is 4.72 Å². The van der Waals surface area contributed by atoms with E-state index in [1.54, 1.807) is 30.3 Å². The van der Waals surface area contributed by atoms with Gasteiger partial charge in [-0.05, 0) is 29.8 Å². The highest BCUT2D eigenvalue weighted by molar-refractivity contribution is 7.91. The average molecular weight is 313 g/mol. The van der Waals surface area contributed by atoms with Crippen molar-refractivity contribution < 1.29 is 8.42 Å². The van der Waals surface area contributed by atoms with Crippen LogP contribution in [0.2, 0.25) is 4.34 Å². The Hall–Kier alpha value is -1.39. The summed E-state index contributed by atoms with van der Waals surface area (Å²) in [5.41, 5.74) is 1.32. The maximum absolute atomic E-state index is 11.9. The van der Waals surface area contributed by atoms with Gasteiger partial charge < -0.3 is 0 Å². The number of nitrogens with zero attached hydrogens (tertiary/aromatic N) is 1. The largest absolute Gasteiger partial charge is 0.250 e. The quantitative estimate of drug-likeness (QED) is 0.943. The lowest BCUT2D eigenvalue weighted by molar-refractivity contribution is 0.583. The molecule has 7 heteroatoms.